The van der Waals surface area contributed by atoms with E-state index in [1.807, 2.05) is 25.1 Å². The van der Waals surface area contributed by atoms with Crippen molar-refractivity contribution in [2.45, 2.75) is 19.9 Å². The van der Waals surface area contributed by atoms with Gasteiger partial charge in [-0.15, -0.1) is 11.3 Å². The van der Waals surface area contributed by atoms with Crippen LogP contribution in [0.3, 0.4) is 0 Å². The molecule has 110 valence electrons. The van der Waals surface area contributed by atoms with Gasteiger partial charge in [-0.05, 0) is 19.5 Å². The molecule has 0 fully saturated rings. The first kappa shape index (κ1) is 15.2. The van der Waals surface area contributed by atoms with Crippen LogP contribution in [-0.4, -0.2) is 44.1 Å². The first-order valence-electron chi connectivity index (χ1n) is 6.60. The third-order valence-electron chi connectivity index (χ3n) is 2.81. The van der Waals surface area contributed by atoms with Gasteiger partial charge in [-0.25, -0.2) is 4.98 Å². The van der Waals surface area contributed by atoms with Crippen LogP contribution >= 0.6 is 22.7 Å². The number of amides is 1. The lowest BCUT2D eigenvalue weighted by Gasteiger charge is -2.12. The molecule has 0 aliphatic rings. The Labute approximate surface area is 127 Å². The molecule has 7 heteroatoms. The van der Waals surface area contributed by atoms with Gasteiger partial charge in [0.2, 0.25) is 0 Å². The number of nitrogens with one attached hydrogen (secondary N) is 2. The highest BCUT2D eigenvalue weighted by Crippen LogP contribution is 2.33. The highest BCUT2D eigenvalue weighted by molar-refractivity contribution is 7.29. The van der Waals surface area contributed by atoms with E-state index in [-0.39, 0.29) is 11.9 Å². The standard InChI is InChI=1S/C13H20N4OS2/c1-5-14-8(2)7-15-11(18)9-6-10-12(19-9)16-13(20-10)17(3)4/h6,8,14H,5,7H2,1-4H3,(H,15,18)/t8-/m1/s1. The van der Waals surface area contributed by atoms with E-state index in [1.165, 1.54) is 11.3 Å². The highest BCUT2D eigenvalue weighted by atomic mass is 32.1. The van der Waals surface area contributed by atoms with Gasteiger partial charge in [0.05, 0.1) is 9.58 Å². The Balaban J connectivity index is 2.02. The third kappa shape index (κ3) is 3.47. The van der Waals surface area contributed by atoms with Crippen LogP contribution in [0.5, 0.6) is 0 Å². The van der Waals surface area contributed by atoms with E-state index in [1.54, 1.807) is 11.3 Å². The number of nitrogens with zero attached hydrogens (tertiary/aromatic N) is 2. The van der Waals surface area contributed by atoms with E-state index in [9.17, 15) is 4.79 Å². The van der Waals surface area contributed by atoms with Gasteiger partial charge in [0.15, 0.2) is 5.13 Å². The summed E-state index contributed by atoms with van der Waals surface area (Å²) >= 11 is 3.06. The lowest BCUT2D eigenvalue weighted by Crippen LogP contribution is -2.38. The predicted molar refractivity (Wildman–Crippen MR) is 87.3 cm³/mol. The van der Waals surface area contributed by atoms with Gasteiger partial charge in [-0.2, -0.15) is 0 Å². The fourth-order valence-electron chi connectivity index (χ4n) is 1.78. The van der Waals surface area contributed by atoms with Crippen molar-refractivity contribution in [1.82, 2.24) is 15.6 Å². The summed E-state index contributed by atoms with van der Waals surface area (Å²) in [4.78, 5) is 20.2. The number of thiophene rings is 1. The summed E-state index contributed by atoms with van der Waals surface area (Å²) < 4.78 is 1.07. The van der Waals surface area contributed by atoms with Crippen molar-refractivity contribution >= 4 is 43.2 Å². The second-order valence-corrected chi connectivity index (χ2v) is 6.88. The minimum atomic E-state index is -0.0173. The molecule has 2 rings (SSSR count). The van der Waals surface area contributed by atoms with Crippen molar-refractivity contribution in [2.75, 3.05) is 32.1 Å². The van der Waals surface area contributed by atoms with E-state index >= 15 is 0 Å². The molecule has 0 aromatic carbocycles. The Morgan fingerprint density at radius 2 is 2.20 bits per heavy atom. The molecular weight excluding hydrogens is 292 g/mol. The van der Waals surface area contributed by atoms with Gasteiger partial charge in [-0.3, -0.25) is 4.79 Å². The van der Waals surface area contributed by atoms with Gasteiger partial charge in [0, 0.05) is 26.7 Å². The minimum Gasteiger partial charge on any atom is -0.354 e. The van der Waals surface area contributed by atoms with Crippen molar-refractivity contribution in [1.29, 1.82) is 0 Å². The maximum absolute atomic E-state index is 12.1. The Kier molecular flexibility index (Phi) is 4.95. The number of carbonyl (C=O) groups excluding carboxylic acids is 1. The third-order valence-corrected chi connectivity index (χ3v) is 5.13. The average Bonchev–Trinajstić information content (AvgIpc) is 2.94. The Hall–Kier alpha value is -1.18. The van der Waals surface area contributed by atoms with Crippen LogP contribution in [0.2, 0.25) is 0 Å². The van der Waals surface area contributed by atoms with Crippen LogP contribution in [0.1, 0.15) is 23.5 Å². The van der Waals surface area contributed by atoms with Gasteiger partial charge >= 0.3 is 0 Å². The molecule has 1 atom stereocenters. The second-order valence-electron chi connectivity index (χ2n) is 4.84. The number of carbonyl (C=O) groups is 1. The summed E-state index contributed by atoms with van der Waals surface area (Å²) in [5, 5.41) is 7.19. The molecular formula is C13H20N4OS2. The molecule has 0 radical (unpaired) electrons. The smallest absolute Gasteiger partial charge is 0.261 e. The Morgan fingerprint density at radius 1 is 1.45 bits per heavy atom. The fraction of sp³-hybridized carbons (Fsp3) is 0.538. The summed E-state index contributed by atoms with van der Waals surface area (Å²) in [6.07, 6.45) is 0. The lowest BCUT2D eigenvalue weighted by atomic mass is 10.3. The summed E-state index contributed by atoms with van der Waals surface area (Å²) in [7, 11) is 3.94. The maximum Gasteiger partial charge on any atom is 0.261 e. The molecule has 2 N–H and O–H groups in total. The van der Waals surface area contributed by atoms with Crippen molar-refractivity contribution in [2.24, 2.45) is 0 Å². The molecule has 0 aliphatic carbocycles. The molecule has 2 aromatic rings. The zero-order chi connectivity index (χ0) is 14.7. The minimum absolute atomic E-state index is 0.0173. The molecule has 0 spiro atoms. The number of hydrogen-bond acceptors (Lipinski definition) is 6. The summed E-state index contributed by atoms with van der Waals surface area (Å²) in [5.74, 6) is -0.0173. The van der Waals surface area contributed by atoms with Gasteiger partial charge in [0.1, 0.15) is 4.83 Å². The maximum atomic E-state index is 12.1. The zero-order valence-electron chi connectivity index (χ0n) is 12.2. The zero-order valence-corrected chi connectivity index (χ0v) is 13.8. The first-order valence-corrected chi connectivity index (χ1v) is 8.23. The molecule has 0 bridgehead atoms. The summed E-state index contributed by atoms with van der Waals surface area (Å²) in [6.45, 7) is 5.65. The second kappa shape index (κ2) is 6.51. The van der Waals surface area contributed by atoms with E-state index in [0.717, 1.165) is 26.1 Å². The number of thiazole rings is 1. The van der Waals surface area contributed by atoms with Crippen molar-refractivity contribution in [3.8, 4) is 0 Å². The molecule has 5 nitrogen and oxygen atoms in total. The number of aromatic nitrogens is 1. The molecule has 0 saturated carbocycles. The van der Waals surface area contributed by atoms with Gasteiger partial charge < -0.3 is 15.5 Å². The summed E-state index contributed by atoms with van der Waals surface area (Å²) in [5.41, 5.74) is 0. The fourth-order valence-corrected chi connectivity index (χ4v) is 3.83. The number of anilines is 1. The molecule has 0 unspecified atom stereocenters. The van der Waals surface area contributed by atoms with E-state index in [4.69, 9.17) is 0 Å². The predicted octanol–water partition coefficient (Wildman–Crippen LogP) is 2.15. The van der Waals surface area contributed by atoms with Crippen molar-refractivity contribution < 1.29 is 4.79 Å². The van der Waals surface area contributed by atoms with Crippen LogP contribution in [0, 0.1) is 0 Å². The van der Waals surface area contributed by atoms with Crippen LogP contribution in [0.25, 0.3) is 9.53 Å². The van der Waals surface area contributed by atoms with Gasteiger partial charge in [-0.1, -0.05) is 18.3 Å². The van der Waals surface area contributed by atoms with E-state index < -0.39 is 0 Å². The first-order chi connectivity index (χ1) is 9.51. The molecule has 1 amide bonds. The number of fused-ring (bicyclic) bond motifs is 1. The number of likely N-dealkylation sites (N-methyl/N-ethyl adjacent to an activating group) is 1. The van der Waals surface area contributed by atoms with E-state index in [0.29, 0.717) is 6.54 Å². The van der Waals surface area contributed by atoms with Crippen LogP contribution in [-0.2, 0) is 0 Å². The number of rotatable bonds is 6. The lowest BCUT2D eigenvalue weighted by molar-refractivity contribution is 0.0954. The number of hydrogen-bond donors (Lipinski definition) is 2. The topological polar surface area (TPSA) is 57.3 Å². The van der Waals surface area contributed by atoms with Crippen LogP contribution in [0.15, 0.2) is 6.07 Å². The monoisotopic (exact) mass is 312 g/mol. The average molecular weight is 312 g/mol. The molecule has 20 heavy (non-hydrogen) atoms. The SMILES string of the molecule is CCN[C@H](C)CNC(=O)c1cc2sc(N(C)C)nc2s1. The molecule has 0 aliphatic heterocycles. The van der Waals surface area contributed by atoms with Crippen molar-refractivity contribution in [3.63, 3.8) is 0 Å². The van der Waals surface area contributed by atoms with Crippen molar-refractivity contribution in [3.05, 3.63) is 10.9 Å². The molecule has 0 saturated heterocycles. The van der Waals surface area contributed by atoms with Crippen LogP contribution < -0.4 is 15.5 Å². The normalized spacial score (nSPS) is 12.6. The van der Waals surface area contributed by atoms with E-state index in [2.05, 4.69) is 29.5 Å². The Bertz CT molecular complexity index is 559. The Morgan fingerprint density at radius 3 is 2.80 bits per heavy atom. The molecule has 2 heterocycles. The largest absolute Gasteiger partial charge is 0.354 e. The molecule has 2 aromatic heterocycles. The van der Waals surface area contributed by atoms with Crippen LogP contribution in [0.4, 0.5) is 5.13 Å². The van der Waals surface area contributed by atoms with Gasteiger partial charge in [0.25, 0.3) is 5.91 Å². The summed E-state index contributed by atoms with van der Waals surface area (Å²) in [6, 6.07) is 2.21. The quantitative estimate of drug-likeness (QED) is 0.858. The highest BCUT2D eigenvalue weighted by Gasteiger charge is 2.15.